The molecular formula is C22H42O7. The average Bonchev–Trinajstić information content (AvgIpc) is 3.61. The van der Waals surface area contributed by atoms with E-state index in [1.54, 1.807) is 0 Å². The molecule has 0 N–H and O–H groups in total. The van der Waals surface area contributed by atoms with Crippen LogP contribution < -0.4 is 0 Å². The van der Waals surface area contributed by atoms with Gasteiger partial charge >= 0.3 is 0 Å². The summed E-state index contributed by atoms with van der Waals surface area (Å²) >= 11 is 0. The van der Waals surface area contributed by atoms with Crippen molar-refractivity contribution in [1.29, 1.82) is 0 Å². The molecule has 3 aliphatic heterocycles. The maximum absolute atomic E-state index is 5.65. The van der Waals surface area contributed by atoms with Crippen LogP contribution in [-0.4, -0.2) is 90.5 Å². The highest BCUT2D eigenvalue weighted by Gasteiger charge is 2.26. The zero-order valence-electron chi connectivity index (χ0n) is 18.5. The molecule has 4 unspecified atom stereocenters. The Bertz CT molecular complexity index is 355. The van der Waals surface area contributed by atoms with Crippen molar-refractivity contribution in [2.75, 3.05) is 66.1 Å². The van der Waals surface area contributed by atoms with Crippen LogP contribution in [0.1, 0.15) is 52.4 Å². The first-order valence-electron chi connectivity index (χ1n) is 11.5. The zero-order valence-corrected chi connectivity index (χ0v) is 18.5. The topological polar surface area (TPSA) is 74.5 Å². The van der Waals surface area contributed by atoms with Gasteiger partial charge in [-0.15, -0.1) is 0 Å². The Kier molecular flexibility index (Phi) is 14.1. The van der Waals surface area contributed by atoms with Crippen LogP contribution in [0, 0.1) is 0 Å². The van der Waals surface area contributed by atoms with E-state index in [2.05, 4.69) is 0 Å². The van der Waals surface area contributed by atoms with E-state index in [9.17, 15) is 0 Å². The number of ether oxygens (including phenoxy) is 7. The first-order chi connectivity index (χ1) is 14.3. The minimum absolute atomic E-state index is 0.00269. The third-order valence-corrected chi connectivity index (χ3v) is 4.85. The Hall–Kier alpha value is -0.280. The first kappa shape index (κ1) is 25.0. The molecule has 172 valence electrons. The van der Waals surface area contributed by atoms with Gasteiger partial charge in [-0.25, -0.2) is 0 Å². The van der Waals surface area contributed by atoms with Crippen LogP contribution in [0.5, 0.6) is 0 Å². The van der Waals surface area contributed by atoms with Crippen LogP contribution in [0.2, 0.25) is 0 Å². The van der Waals surface area contributed by atoms with Crippen molar-refractivity contribution in [3.63, 3.8) is 0 Å². The van der Waals surface area contributed by atoms with Crippen LogP contribution in [0.4, 0.5) is 0 Å². The smallest absolute Gasteiger partial charge is 0.104 e. The maximum atomic E-state index is 5.65. The van der Waals surface area contributed by atoms with Crippen LogP contribution in [0.25, 0.3) is 0 Å². The van der Waals surface area contributed by atoms with Crippen molar-refractivity contribution in [1.82, 2.24) is 0 Å². The Balaban J connectivity index is 0.000000189. The molecule has 0 aromatic heterocycles. The summed E-state index contributed by atoms with van der Waals surface area (Å²) in [4.78, 5) is 0. The molecule has 3 saturated heterocycles. The minimum atomic E-state index is 0.00269. The second kappa shape index (κ2) is 16.4. The van der Waals surface area contributed by atoms with Gasteiger partial charge < -0.3 is 33.2 Å². The van der Waals surface area contributed by atoms with E-state index >= 15 is 0 Å². The molecule has 0 aromatic rings. The van der Waals surface area contributed by atoms with Gasteiger partial charge in [0, 0.05) is 13.2 Å². The molecule has 1 saturated carbocycles. The molecule has 7 nitrogen and oxygen atoms in total. The lowest BCUT2D eigenvalue weighted by atomic mass is 10.0. The third kappa shape index (κ3) is 16.1. The van der Waals surface area contributed by atoms with Gasteiger partial charge in [-0.3, -0.25) is 0 Å². The molecule has 4 atom stereocenters. The van der Waals surface area contributed by atoms with Crippen LogP contribution >= 0.6 is 0 Å². The van der Waals surface area contributed by atoms with Gasteiger partial charge in [-0.05, 0) is 13.8 Å². The average molecular weight is 419 g/mol. The van der Waals surface area contributed by atoms with Crippen LogP contribution in [0.3, 0.4) is 0 Å². The van der Waals surface area contributed by atoms with Gasteiger partial charge in [0.2, 0.25) is 0 Å². The lowest BCUT2D eigenvalue weighted by Gasteiger charge is -2.17. The summed E-state index contributed by atoms with van der Waals surface area (Å²) in [6.07, 6.45) is 10.0. The predicted molar refractivity (Wildman–Crippen MR) is 110 cm³/mol. The predicted octanol–water partition coefficient (Wildman–Crippen LogP) is 2.98. The largest absolute Gasteiger partial charge is 0.379 e. The van der Waals surface area contributed by atoms with E-state index < -0.39 is 0 Å². The SMILES string of the molecule is C1CCCCC1.CCOCC(COCC1CO1)OCC1CO1.CCOCC1CO1. The fourth-order valence-corrected chi connectivity index (χ4v) is 2.77. The monoisotopic (exact) mass is 418 g/mol. The van der Waals surface area contributed by atoms with Crippen molar-refractivity contribution >= 4 is 0 Å². The van der Waals surface area contributed by atoms with Gasteiger partial charge in [-0.2, -0.15) is 0 Å². The molecule has 4 rings (SSSR count). The molecule has 29 heavy (non-hydrogen) atoms. The second-order valence-electron chi connectivity index (χ2n) is 7.80. The molecule has 1 aliphatic carbocycles. The molecular weight excluding hydrogens is 376 g/mol. The van der Waals surface area contributed by atoms with Crippen molar-refractivity contribution in [3.05, 3.63) is 0 Å². The van der Waals surface area contributed by atoms with E-state index in [0.717, 1.165) is 33.0 Å². The summed E-state index contributed by atoms with van der Waals surface area (Å²) in [5.74, 6) is 0. The molecule has 0 radical (unpaired) electrons. The number of hydrogen-bond donors (Lipinski definition) is 0. The highest BCUT2D eigenvalue weighted by atomic mass is 16.6. The first-order valence-corrected chi connectivity index (χ1v) is 11.5. The summed E-state index contributed by atoms with van der Waals surface area (Å²) in [7, 11) is 0. The van der Waals surface area contributed by atoms with Gasteiger partial charge in [0.1, 0.15) is 24.4 Å². The molecule has 4 fully saturated rings. The lowest BCUT2D eigenvalue weighted by Crippen LogP contribution is -2.28. The van der Waals surface area contributed by atoms with E-state index in [-0.39, 0.29) is 12.2 Å². The molecule has 3 heterocycles. The van der Waals surface area contributed by atoms with Gasteiger partial charge in [-0.1, -0.05) is 38.5 Å². The van der Waals surface area contributed by atoms with Gasteiger partial charge in [0.05, 0.1) is 52.9 Å². The summed E-state index contributed by atoms with van der Waals surface area (Å²) in [5, 5.41) is 0. The van der Waals surface area contributed by atoms with Crippen LogP contribution in [-0.2, 0) is 33.2 Å². The van der Waals surface area contributed by atoms with E-state index in [4.69, 9.17) is 33.2 Å². The van der Waals surface area contributed by atoms with Gasteiger partial charge in [0.25, 0.3) is 0 Å². The highest BCUT2D eigenvalue weighted by molar-refractivity contribution is 4.70. The summed E-state index contributed by atoms with van der Waals surface area (Å²) in [6, 6.07) is 0. The quantitative estimate of drug-likeness (QED) is 0.426. The van der Waals surface area contributed by atoms with E-state index in [1.807, 2.05) is 13.8 Å². The van der Waals surface area contributed by atoms with E-state index in [1.165, 1.54) is 38.5 Å². The zero-order chi connectivity index (χ0) is 20.6. The molecule has 7 heteroatoms. The molecule has 4 aliphatic rings. The number of rotatable bonds is 13. The van der Waals surface area contributed by atoms with Gasteiger partial charge in [0.15, 0.2) is 0 Å². The maximum Gasteiger partial charge on any atom is 0.104 e. The van der Waals surface area contributed by atoms with E-state index in [0.29, 0.717) is 45.2 Å². The summed E-state index contributed by atoms with van der Waals surface area (Å²) < 4.78 is 36.6. The van der Waals surface area contributed by atoms with Crippen molar-refractivity contribution < 1.29 is 33.2 Å². The third-order valence-electron chi connectivity index (χ3n) is 4.85. The fourth-order valence-electron chi connectivity index (χ4n) is 2.77. The van der Waals surface area contributed by atoms with Crippen molar-refractivity contribution in [3.8, 4) is 0 Å². The number of epoxide rings is 3. The van der Waals surface area contributed by atoms with Crippen LogP contribution in [0.15, 0.2) is 0 Å². The summed E-state index contributed by atoms with van der Waals surface area (Å²) in [5.41, 5.74) is 0. The number of hydrogen-bond acceptors (Lipinski definition) is 7. The molecule has 0 amide bonds. The van der Waals surface area contributed by atoms with Crippen molar-refractivity contribution in [2.45, 2.75) is 76.8 Å². The fraction of sp³-hybridized carbons (Fsp3) is 1.00. The second-order valence-corrected chi connectivity index (χ2v) is 7.80. The van der Waals surface area contributed by atoms with Crippen molar-refractivity contribution in [2.24, 2.45) is 0 Å². The molecule has 0 bridgehead atoms. The lowest BCUT2D eigenvalue weighted by molar-refractivity contribution is -0.0629. The Morgan fingerprint density at radius 3 is 1.48 bits per heavy atom. The Morgan fingerprint density at radius 1 is 0.621 bits per heavy atom. The molecule has 0 aromatic carbocycles. The summed E-state index contributed by atoms with van der Waals surface area (Å²) in [6.45, 7) is 11.2. The normalized spacial score (nSPS) is 27.7. The minimum Gasteiger partial charge on any atom is -0.379 e. The Labute approximate surface area is 176 Å². The molecule has 0 spiro atoms. The Morgan fingerprint density at radius 2 is 1.03 bits per heavy atom. The standard InChI is InChI=1S/C11H20O5.C6H12.C5H10O2/c1-2-12-3-9(14-7-11-8-16-11)4-13-5-10-6-15-10;1-2-4-6-5-3-1;1-2-6-3-5-4-7-5/h9-11H,2-8H2,1H3;1-6H2;5H,2-4H2,1H3. The highest BCUT2D eigenvalue weighted by Crippen LogP contribution is 2.15.